The minimum Gasteiger partial charge on any atom is -0.339 e. The van der Waals surface area contributed by atoms with Gasteiger partial charge in [-0.2, -0.15) is 0 Å². The van der Waals surface area contributed by atoms with Crippen LogP contribution in [-0.4, -0.2) is 26.9 Å². The molecule has 1 aromatic carbocycles. The zero-order chi connectivity index (χ0) is 16.0. The number of nitrogens with one attached hydrogen (secondary N) is 3. The Morgan fingerprint density at radius 2 is 1.81 bits per heavy atom. The number of halogens is 5. The first-order valence-electron chi connectivity index (χ1n) is 5.47. The number of alkyl halides is 4. The standard InChI is InChI=1S/C11H10Cl4IN3OS/c12-5-8(20)18-9(11(13,14)15)19-10(21)17-7-3-1-6(16)2-4-7/h1-4,9H,5H2,(H,18,20)(H2,17,19,21). The van der Waals surface area contributed by atoms with Crippen LogP contribution in [-0.2, 0) is 4.79 Å². The Morgan fingerprint density at radius 1 is 1.24 bits per heavy atom. The molecule has 1 atom stereocenters. The molecule has 10 heteroatoms. The molecule has 0 spiro atoms. The Hall–Kier alpha value is 0.270. The van der Waals surface area contributed by atoms with Gasteiger partial charge in [-0.3, -0.25) is 4.79 Å². The number of hydrogen-bond donors (Lipinski definition) is 3. The number of thiocarbonyl (C=S) groups is 1. The maximum atomic E-state index is 11.3. The van der Waals surface area contributed by atoms with Gasteiger partial charge in [-0.25, -0.2) is 0 Å². The fourth-order valence-corrected chi connectivity index (χ4v) is 2.23. The molecule has 1 unspecified atom stereocenters. The average molecular weight is 501 g/mol. The highest BCUT2D eigenvalue weighted by Gasteiger charge is 2.34. The number of carbonyl (C=O) groups excluding carboxylic acids is 1. The number of rotatable bonds is 4. The Morgan fingerprint density at radius 3 is 2.29 bits per heavy atom. The van der Waals surface area contributed by atoms with Crippen LogP contribution in [0.2, 0.25) is 0 Å². The van der Waals surface area contributed by atoms with Gasteiger partial charge >= 0.3 is 0 Å². The summed E-state index contributed by atoms with van der Waals surface area (Å²) in [5.41, 5.74) is 0.764. The topological polar surface area (TPSA) is 53.2 Å². The summed E-state index contributed by atoms with van der Waals surface area (Å²) in [5, 5.41) is 8.26. The van der Waals surface area contributed by atoms with Crippen molar-refractivity contribution < 1.29 is 4.79 Å². The molecule has 0 aliphatic carbocycles. The maximum absolute atomic E-state index is 11.3. The van der Waals surface area contributed by atoms with Gasteiger partial charge in [0.15, 0.2) is 5.11 Å². The molecule has 0 fully saturated rings. The molecule has 0 bridgehead atoms. The van der Waals surface area contributed by atoms with Crippen molar-refractivity contribution in [2.24, 2.45) is 0 Å². The Bertz CT molecular complexity index is 509. The average Bonchev–Trinajstić information content (AvgIpc) is 2.39. The first-order valence-corrected chi connectivity index (χ1v) is 8.63. The summed E-state index contributed by atoms with van der Waals surface area (Å²) < 4.78 is -0.704. The lowest BCUT2D eigenvalue weighted by Gasteiger charge is -2.27. The van der Waals surface area contributed by atoms with E-state index in [-0.39, 0.29) is 11.0 Å². The van der Waals surface area contributed by atoms with Crippen molar-refractivity contribution >= 4 is 97.9 Å². The van der Waals surface area contributed by atoms with Crippen molar-refractivity contribution in [2.75, 3.05) is 11.2 Å². The lowest BCUT2D eigenvalue weighted by molar-refractivity contribution is -0.119. The van der Waals surface area contributed by atoms with Crippen molar-refractivity contribution in [1.29, 1.82) is 0 Å². The second-order valence-electron chi connectivity index (χ2n) is 3.78. The fourth-order valence-electron chi connectivity index (χ4n) is 1.23. The minimum atomic E-state index is -1.79. The van der Waals surface area contributed by atoms with E-state index < -0.39 is 15.9 Å². The molecule has 0 heterocycles. The first-order chi connectivity index (χ1) is 9.72. The van der Waals surface area contributed by atoms with E-state index in [0.717, 1.165) is 9.26 Å². The molecule has 21 heavy (non-hydrogen) atoms. The predicted molar refractivity (Wildman–Crippen MR) is 101 cm³/mol. The van der Waals surface area contributed by atoms with Gasteiger partial charge in [0.25, 0.3) is 0 Å². The second-order valence-corrected chi connectivity index (χ2v) is 8.07. The quantitative estimate of drug-likeness (QED) is 0.256. The normalized spacial score (nSPS) is 12.4. The van der Waals surface area contributed by atoms with E-state index in [1.165, 1.54) is 0 Å². The van der Waals surface area contributed by atoms with Crippen molar-refractivity contribution in [1.82, 2.24) is 10.6 Å². The zero-order valence-corrected chi connectivity index (χ0v) is 16.3. The smallest absolute Gasteiger partial charge is 0.236 e. The SMILES string of the molecule is O=C(CCl)NC(NC(=S)Nc1ccc(I)cc1)C(Cl)(Cl)Cl. The van der Waals surface area contributed by atoms with Crippen molar-refractivity contribution in [3.05, 3.63) is 27.8 Å². The van der Waals surface area contributed by atoms with Crippen LogP contribution in [0.3, 0.4) is 0 Å². The van der Waals surface area contributed by atoms with Gasteiger partial charge < -0.3 is 16.0 Å². The number of amides is 1. The van der Waals surface area contributed by atoms with Crippen LogP contribution in [0.1, 0.15) is 0 Å². The van der Waals surface area contributed by atoms with E-state index in [4.69, 9.17) is 58.6 Å². The lowest BCUT2D eigenvalue weighted by atomic mass is 10.3. The molecule has 1 rings (SSSR count). The molecule has 0 aromatic heterocycles. The number of benzene rings is 1. The van der Waals surface area contributed by atoms with Gasteiger partial charge in [-0.1, -0.05) is 34.8 Å². The van der Waals surface area contributed by atoms with Gasteiger partial charge in [-0.15, -0.1) is 11.6 Å². The van der Waals surface area contributed by atoms with Gasteiger partial charge in [0.1, 0.15) is 12.0 Å². The van der Waals surface area contributed by atoms with E-state index >= 15 is 0 Å². The van der Waals surface area contributed by atoms with Gasteiger partial charge in [0, 0.05) is 9.26 Å². The maximum Gasteiger partial charge on any atom is 0.236 e. The van der Waals surface area contributed by atoms with Crippen LogP contribution in [0, 0.1) is 3.57 Å². The van der Waals surface area contributed by atoms with Gasteiger partial charge in [0.05, 0.1) is 0 Å². The van der Waals surface area contributed by atoms with E-state index in [0.29, 0.717) is 0 Å². The van der Waals surface area contributed by atoms with Gasteiger partial charge in [-0.05, 0) is 59.1 Å². The molecule has 4 nitrogen and oxygen atoms in total. The molecular formula is C11H10Cl4IN3OS. The van der Waals surface area contributed by atoms with E-state index in [1.807, 2.05) is 24.3 Å². The number of carbonyl (C=O) groups is 1. The molecule has 0 saturated carbocycles. The van der Waals surface area contributed by atoms with Crippen LogP contribution in [0.4, 0.5) is 5.69 Å². The van der Waals surface area contributed by atoms with Crippen molar-refractivity contribution in [3.8, 4) is 0 Å². The van der Waals surface area contributed by atoms with Crippen molar-refractivity contribution in [3.63, 3.8) is 0 Å². The summed E-state index contributed by atoms with van der Waals surface area (Å²) in [6.45, 7) is 0. The highest BCUT2D eigenvalue weighted by molar-refractivity contribution is 14.1. The summed E-state index contributed by atoms with van der Waals surface area (Å²) in [4.78, 5) is 11.3. The third kappa shape index (κ3) is 7.38. The van der Waals surface area contributed by atoms with E-state index in [9.17, 15) is 4.79 Å². The van der Waals surface area contributed by atoms with Crippen molar-refractivity contribution in [2.45, 2.75) is 9.96 Å². The molecule has 1 amide bonds. The molecular weight excluding hydrogens is 491 g/mol. The molecule has 1 aromatic rings. The Labute approximate surface area is 161 Å². The first kappa shape index (κ1) is 19.3. The highest BCUT2D eigenvalue weighted by Crippen LogP contribution is 2.29. The summed E-state index contributed by atoms with van der Waals surface area (Å²) >= 11 is 30.1. The Balaban J connectivity index is 2.67. The second kappa shape index (κ2) is 8.79. The van der Waals surface area contributed by atoms with Crippen LogP contribution >= 0.6 is 81.2 Å². The highest BCUT2D eigenvalue weighted by atomic mass is 127. The van der Waals surface area contributed by atoms with Crippen LogP contribution in [0.5, 0.6) is 0 Å². The largest absolute Gasteiger partial charge is 0.339 e. The van der Waals surface area contributed by atoms with Crippen LogP contribution < -0.4 is 16.0 Å². The molecule has 0 radical (unpaired) electrons. The summed E-state index contributed by atoms with van der Waals surface area (Å²) in [7, 11) is 0. The zero-order valence-electron chi connectivity index (χ0n) is 10.3. The molecule has 3 N–H and O–H groups in total. The van der Waals surface area contributed by atoms with Crippen LogP contribution in [0.15, 0.2) is 24.3 Å². The summed E-state index contributed by atoms with van der Waals surface area (Å²) in [6.07, 6.45) is -1.02. The fraction of sp³-hybridized carbons (Fsp3) is 0.273. The summed E-state index contributed by atoms with van der Waals surface area (Å²) in [5.74, 6) is -0.742. The monoisotopic (exact) mass is 499 g/mol. The molecule has 116 valence electrons. The lowest BCUT2D eigenvalue weighted by Crippen LogP contribution is -2.56. The Kier molecular flexibility index (Phi) is 8.08. The third-order valence-corrected chi connectivity index (χ3v) is 3.97. The summed E-state index contributed by atoms with van der Waals surface area (Å²) in [6, 6.07) is 7.51. The predicted octanol–water partition coefficient (Wildman–Crippen LogP) is 3.63. The van der Waals surface area contributed by atoms with Gasteiger partial charge in [0.2, 0.25) is 9.70 Å². The van der Waals surface area contributed by atoms with E-state index in [2.05, 4.69) is 38.5 Å². The number of hydrogen-bond acceptors (Lipinski definition) is 2. The van der Waals surface area contributed by atoms with E-state index in [1.54, 1.807) is 0 Å². The molecule has 0 aliphatic rings. The number of anilines is 1. The van der Waals surface area contributed by atoms with Crippen LogP contribution in [0.25, 0.3) is 0 Å². The third-order valence-electron chi connectivity index (χ3n) is 2.13. The molecule has 0 aliphatic heterocycles. The molecule has 0 saturated heterocycles. The minimum absolute atomic E-state index is 0.197.